The Bertz CT molecular complexity index is 1860. The molecule has 1 fully saturated rings. The third-order valence-electron chi connectivity index (χ3n) is 8.26. The molecular weight excluding hydrogens is 597 g/mol. The smallest absolute Gasteiger partial charge is 0.355 e. The Morgan fingerprint density at radius 3 is 2.78 bits per heavy atom. The molecule has 234 valence electrons. The van der Waals surface area contributed by atoms with E-state index in [-0.39, 0.29) is 29.2 Å². The molecule has 0 unspecified atom stereocenters. The van der Waals surface area contributed by atoms with Crippen LogP contribution in [-0.4, -0.2) is 75.8 Å². The standard InChI is InChI=1S/C33H35ClFN7O3/c1-5-28(43)40-10-11-41(20(4)18-40)31-24-16-26(35)30-23-15-22(6-7-25(23)34)36-9-13-45-12-8-21-14-27(29(19(2)3)37-17-21)42(32(24)38-30)33(44)39-31/h5-7,14-17,19-20,36H,1,8-13,18H2,2-4H3/t20-/m0/s1. The molecule has 1 N–H and O–H groups in total. The summed E-state index contributed by atoms with van der Waals surface area (Å²) in [6, 6.07) is 8.33. The van der Waals surface area contributed by atoms with Crippen molar-refractivity contribution in [3.05, 3.63) is 81.8 Å². The number of ether oxygens (including phenoxy) is 1. The molecule has 0 spiro atoms. The van der Waals surface area contributed by atoms with Crippen molar-refractivity contribution in [2.75, 3.05) is 49.6 Å². The van der Waals surface area contributed by atoms with Crippen molar-refractivity contribution in [2.24, 2.45) is 0 Å². The molecule has 45 heavy (non-hydrogen) atoms. The number of anilines is 2. The van der Waals surface area contributed by atoms with Gasteiger partial charge in [-0.05, 0) is 61.2 Å². The van der Waals surface area contributed by atoms with Gasteiger partial charge in [-0.1, -0.05) is 32.0 Å². The lowest BCUT2D eigenvalue weighted by Gasteiger charge is -2.40. The molecule has 1 saturated heterocycles. The van der Waals surface area contributed by atoms with Crippen LogP contribution in [0.25, 0.3) is 28.0 Å². The predicted molar refractivity (Wildman–Crippen MR) is 174 cm³/mol. The maximum Gasteiger partial charge on any atom is 0.355 e. The van der Waals surface area contributed by atoms with Gasteiger partial charge in [-0.2, -0.15) is 4.98 Å². The molecule has 0 radical (unpaired) electrons. The summed E-state index contributed by atoms with van der Waals surface area (Å²) in [7, 11) is 0. The Balaban J connectivity index is 1.64. The van der Waals surface area contributed by atoms with E-state index < -0.39 is 11.5 Å². The number of carbonyl (C=O) groups is 1. The number of pyridine rings is 2. The van der Waals surface area contributed by atoms with Crippen LogP contribution in [0.15, 0.2) is 54.0 Å². The molecule has 4 aromatic rings. The minimum Gasteiger partial charge on any atom is -0.383 e. The van der Waals surface area contributed by atoms with Crippen molar-refractivity contribution < 1.29 is 13.9 Å². The van der Waals surface area contributed by atoms with Crippen molar-refractivity contribution >= 4 is 40.0 Å². The molecule has 10 nitrogen and oxygen atoms in total. The fraction of sp³-hybridized carbons (Fsp3) is 0.364. The predicted octanol–water partition coefficient (Wildman–Crippen LogP) is 4.97. The van der Waals surface area contributed by atoms with Gasteiger partial charge < -0.3 is 19.9 Å². The molecule has 1 aromatic carbocycles. The lowest BCUT2D eigenvalue weighted by atomic mass is 10.0. The van der Waals surface area contributed by atoms with Crippen LogP contribution in [0.3, 0.4) is 0 Å². The van der Waals surface area contributed by atoms with Gasteiger partial charge >= 0.3 is 5.69 Å². The number of nitrogens with zero attached hydrogens (tertiary/aromatic N) is 6. The van der Waals surface area contributed by atoms with Crippen LogP contribution in [-0.2, 0) is 16.0 Å². The van der Waals surface area contributed by atoms with Crippen molar-refractivity contribution in [3.8, 4) is 16.9 Å². The van der Waals surface area contributed by atoms with Crippen LogP contribution in [0.2, 0.25) is 5.02 Å². The zero-order valence-electron chi connectivity index (χ0n) is 25.5. The van der Waals surface area contributed by atoms with Crippen molar-refractivity contribution in [1.82, 2.24) is 24.4 Å². The molecule has 0 saturated carbocycles. The normalized spacial score (nSPS) is 17.1. The zero-order chi connectivity index (χ0) is 31.8. The SMILES string of the molecule is C=CC(=O)N1CCN(c2nc(=O)n3c4nc(c(F)cc24)-c2cc(ccc2Cl)NCCOCCc2cnc(C(C)C)c-3c2)[C@@H](C)C1. The van der Waals surface area contributed by atoms with Gasteiger partial charge in [-0.15, -0.1) is 0 Å². The Hall–Kier alpha value is -4.35. The topological polar surface area (TPSA) is 105 Å². The first-order valence-corrected chi connectivity index (χ1v) is 15.5. The number of rotatable bonds is 3. The second kappa shape index (κ2) is 12.6. The molecule has 5 heterocycles. The highest BCUT2D eigenvalue weighted by atomic mass is 35.5. The molecule has 2 aliphatic rings. The van der Waals surface area contributed by atoms with Gasteiger partial charge in [0.15, 0.2) is 5.65 Å². The highest BCUT2D eigenvalue weighted by molar-refractivity contribution is 6.33. The number of fused-ring (bicyclic) bond motifs is 7. The summed E-state index contributed by atoms with van der Waals surface area (Å²) in [5.41, 5.74) is 2.88. The number of amides is 1. The van der Waals surface area contributed by atoms with E-state index in [4.69, 9.17) is 26.3 Å². The highest BCUT2D eigenvalue weighted by Crippen LogP contribution is 2.36. The van der Waals surface area contributed by atoms with Crippen LogP contribution < -0.4 is 15.9 Å². The Morgan fingerprint density at radius 1 is 1.20 bits per heavy atom. The van der Waals surface area contributed by atoms with E-state index in [1.165, 1.54) is 16.7 Å². The van der Waals surface area contributed by atoms with Gasteiger partial charge in [0.1, 0.15) is 17.3 Å². The van der Waals surface area contributed by atoms with Crippen LogP contribution in [0.5, 0.6) is 0 Å². The van der Waals surface area contributed by atoms with Gasteiger partial charge in [-0.3, -0.25) is 9.78 Å². The first kappa shape index (κ1) is 30.7. The van der Waals surface area contributed by atoms with Gasteiger partial charge in [-0.25, -0.2) is 18.7 Å². The fourth-order valence-corrected chi connectivity index (χ4v) is 6.18. The van der Waals surface area contributed by atoms with Crippen LogP contribution in [0.4, 0.5) is 15.9 Å². The van der Waals surface area contributed by atoms with E-state index in [0.717, 1.165) is 11.3 Å². The minimum absolute atomic E-state index is 0.00875. The monoisotopic (exact) mass is 631 g/mol. The van der Waals surface area contributed by atoms with E-state index in [0.29, 0.717) is 79.0 Å². The molecule has 1 amide bonds. The number of aromatic nitrogens is 4. The van der Waals surface area contributed by atoms with Crippen LogP contribution in [0.1, 0.15) is 37.9 Å². The number of benzene rings is 1. The van der Waals surface area contributed by atoms with E-state index in [1.54, 1.807) is 23.2 Å². The number of hydrogen-bond donors (Lipinski definition) is 1. The average molecular weight is 632 g/mol. The molecule has 3 aromatic heterocycles. The number of carbonyl (C=O) groups excluding carboxylic acids is 1. The second-order valence-electron chi connectivity index (χ2n) is 11.7. The number of halogens is 2. The summed E-state index contributed by atoms with van der Waals surface area (Å²) >= 11 is 6.63. The maximum absolute atomic E-state index is 16.2. The summed E-state index contributed by atoms with van der Waals surface area (Å²) in [5, 5.41) is 3.97. The molecule has 2 aliphatic heterocycles. The summed E-state index contributed by atoms with van der Waals surface area (Å²) < 4.78 is 23.5. The minimum atomic E-state index is -0.608. The lowest BCUT2D eigenvalue weighted by Crippen LogP contribution is -2.54. The zero-order valence-corrected chi connectivity index (χ0v) is 26.3. The number of hydrogen-bond acceptors (Lipinski definition) is 8. The van der Waals surface area contributed by atoms with E-state index in [9.17, 15) is 9.59 Å². The first-order valence-electron chi connectivity index (χ1n) is 15.1. The largest absolute Gasteiger partial charge is 0.383 e. The van der Waals surface area contributed by atoms with Crippen molar-refractivity contribution in [2.45, 2.75) is 39.2 Å². The van der Waals surface area contributed by atoms with Gasteiger partial charge in [0, 0.05) is 49.7 Å². The summed E-state index contributed by atoms with van der Waals surface area (Å²) in [6.07, 6.45) is 3.67. The Kier molecular flexibility index (Phi) is 8.56. The van der Waals surface area contributed by atoms with E-state index >= 15 is 4.39 Å². The highest BCUT2D eigenvalue weighted by Gasteiger charge is 2.30. The maximum atomic E-state index is 16.2. The third kappa shape index (κ3) is 5.89. The van der Waals surface area contributed by atoms with Gasteiger partial charge in [0.2, 0.25) is 5.91 Å². The first-order chi connectivity index (χ1) is 21.7. The molecule has 12 heteroatoms. The molecule has 6 bridgehead atoms. The molecule has 6 rings (SSSR count). The molecular formula is C33H35ClFN7O3. The Morgan fingerprint density at radius 2 is 2.02 bits per heavy atom. The lowest BCUT2D eigenvalue weighted by molar-refractivity contribution is -0.126. The third-order valence-corrected chi connectivity index (χ3v) is 8.59. The van der Waals surface area contributed by atoms with Gasteiger partial charge in [0.05, 0.1) is 35.0 Å². The van der Waals surface area contributed by atoms with Crippen molar-refractivity contribution in [3.63, 3.8) is 0 Å². The van der Waals surface area contributed by atoms with Crippen LogP contribution in [0, 0.1) is 5.82 Å². The molecule has 0 aliphatic carbocycles. The van der Waals surface area contributed by atoms with Crippen molar-refractivity contribution in [1.29, 1.82) is 0 Å². The van der Waals surface area contributed by atoms with Crippen LogP contribution >= 0.6 is 11.6 Å². The molecule has 1 atom stereocenters. The quantitative estimate of drug-likeness (QED) is 0.316. The fourth-order valence-electron chi connectivity index (χ4n) is 5.97. The van der Waals surface area contributed by atoms with E-state index in [1.807, 2.05) is 37.8 Å². The summed E-state index contributed by atoms with van der Waals surface area (Å²) in [5.74, 6) is -0.505. The number of piperazine rings is 1. The Labute approximate surface area is 265 Å². The van der Waals surface area contributed by atoms with E-state index in [2.05, 4.69) is 16.9 Å². The second-order valence-corrected chi connectivity index (χ2v) is 12.1. The van der Waals surface area contributed by atoms with Gasteiger partial charge in [0.25, 0.3) is 0 Å². The summed E-state index contributed by atoms with van der Waals surface area (Å²) in [4.78, 5) is 44.3. The average Bonchev–Trinajstić information content (AvgIpc) is 3.02. The summed E-state index contributed by atoms with van der Waals surface area (Å²) in [6.45, 7) is 12.2. The number of nitrogens with one attached hydrogen (secondary N) is 1.